The van der Waals surface area contributed by atoms with Crippen LogP contribution in [-0.2, 0) is 9.84 Å². The standard InChI is InChI=1S/C12H23N3O3S/c1-2-13-12(16)15-7-5-14(6-8-15)11-3-9-19(17,18)10-4-11/h11H,2-10H2,1H3,(H,13,16). The highest BCUT2D eigenvalue weighted by molar-refractivity contribution is 7.91. The maximum atomic E-state index is 11.7. The third kappa shape index (κ3) is 3.82. The fourth-order valence-corrected chi connectivity index (χ4v) is 4.26. The lowest BCUT2D eigenvalue weighted by Crippen LogP contribution is -2.55. The number of urea groups is 1. The van der Waals surface area contributed by atoms with Crippen LogP contribution < -0.4 is 5.32 Å². The van der Waals surface area contributed by atoms with Gasteiger partial charge in [-0.15, -0.1) is 0 Å². The zero-order valence-corrected chi connectivity index (χ0v) is 12.3. The molecule has 6 nitrogen and oxygen atoms in total. The predicted molar refractivity (Wildman–Crippen MR) is 73.9 cm³/mol. The number of sulfone groups is 1. The number of hydrogen-bond donors (Lipinski definition) is 1. The van der Waals surface area contributed by atoms with Crippen LogP contribution in [0.15, 0.2) is 0 Å². The molecule has 0 aliphatic carbocycles. The quantitative estimate of drug-likeness (QED) is 0.771. The highest BCUT2D eigenvalue weighted by atomic mass is 32.2. The molecule has 0 unspecified atom stereocenters. The van der Waals surface area contributed by atoms with Crippen molar-refractivity contribution in [2.24, 2.45) is 0 Å². The van der Waals surface area contributed by atoms with Crippen LogP contribution >= 0.6 is 0 Å². The summed E-state index contributed by atoms with van der Waals surface area (Å²) < 4.78 is 22.8. The van der Waals surface area contributed by atoms with E-state index in [2.05, 4.69) is 10.2 Å². The average molecular weight is 289 g/mol. The lowest BCUT2D eigenvalue weighted by molar-refractivity contribution is 0.103. The normalized spacial score (nSPS) is 25.2. The van der Waals surface area contributed by atoms with E-state index in [9.17, 15) is 13.2 Å². The summed E-state index contributed by atoms with van der Waals surface area (Å²) in [5.41, 5.74) is 0. The Hall–Kier alpha value is -0.820. The molecule has 0 atom stereocenters. The highest BCUT2D eigenvalue weighted by Gasteiger charge is 2.30. The van der Waals surface area contributed by atoms with Crippen molar-refractivity contribution in [3.05, 3.63) is 0 Å². The van der Waals surface area contributed by atoms with Gasteiger partial charge in [-0.05, 0) is 19.8 Å². The van der Waals surface area contributed by atoms with Crippen LogP contribution in [0.3, 0.4) is 0 Å². The van der Waals surface area contributed by atoms with E-state index >= 15 is 0 Å². The van der Waals surface area contributed by atoms with Crippen molar-refractivity contribution in [2.45, 2.75) is 25.8 Å². The van der Waals surface area contributed by atoms with Crippen LogP contribution in [-0.4, -0.2) is 74.5 Å². The smallest absolute Gasteiger partial charge is 0.317 e. The molecular formula is C12H23N3O3S. The van der Waals surface area contributed by atoms with E-state index < -0.39 is 9.84 Å². The molecule has 0 aromatic heterocycles. The van der Waals surface area contributed by atoms with Gasteiger partial charge >= 0.3 is 6.03 Å². The Bertz CT molecular complexity index is 402. The molecule has 19 heavy (non-hydrogen) atoms. The van der Waals surface area contributed by atoms with Crippen LogP contribution in [0.1, 0.15) is 19.8 Å². The van der Waals surface area contributed by atoms with Crippen LogP contribution in [0.5, 0.6) is 0 Å². The van der Waals surface area contributed by atoms with Gasteiger partial charge in [0.2, 0.25) is 0 Å². The van der Waals surface area contributed by atoms with E-state index in [-0.39, 0.29) is 6.03 Å². The van der Waals surface area contributed by atoms with Crippen molar-refractivity contribution in [2.75, 3.05) is 44.2 Å². The summed E-state index contributed by atoms with van der Waals surface area (Å²) in [4.78, 5) is 15.9. The molecule has 2 rings (SSSR count). The van der Waals surface area contributed by atoms with Crippen LogP contribution in [0.4, 0.5) is 4.79 Å². The highest BCUT2D eigenvalue weighted by Crippen LogP contribution is 2.19. The molecule has 0 radical (unpaired) electrons. The molecule has 0 bridgehead atoms. The van der Waals surface area contributed by atoms with Crippen molar-refractivity contribution < 1.29 is 13.2 Å². The van der Waals surface area contributed by atoms with Crippen molar-refractivity contribution in [3.8, 4) is 0 Å². The molecule has 2 saturated heterocycles. The third-order valence-corrected chi connectivity index (χ3v) is 5.69. The number of piperazine rings is 1. The average Bonchev–Trinajstić information content (AvgIpc) is 2.39. The van der Waals surface area contributed by atoms with Crippen molar-refractivity contribution in [1.82, 2.24) is 15.1 Å². The van der Waals surface area contributed by atoms with Gasteiger partial charge in [-0.2, -0.15) is 0 Å². The predicted octanol–water partition coefficient (Wildman–Crippen LogP) is -0.0893. The molecule has 7 heteroatoms. The summed E-state index contributed by atoms with van der Waals surface area (Å²) in [7, 11) is -2.79. The minimum absolute atomic E-state index is 0.00775. The number of nitrogens with one attached hydrogen (secondary N) is 1. The summed E-state index contributed by atoms with van der Waals surface area (Å²) in [5.74, 6) is 0.627. The molecule has 0 spiro atoms. The Kier molecular flexibility index (Phi) is 4.67. The maximum absolute atomic E-state index is 11.7. The number of nitrogens with zero attached hydrogens (tertiary/aromatic N) is 2. The van der Waals surface area contributed by atoms with Gasteiger partial charge in [0.1, 0.15) is 9.84 Å². The molecule has 110 valence electrons. The molecule has 0 aromatic carbocycles. The second kappa shape index (κ2) is 6.09. The summed E-state index contributed by atoms with van der Waals surface area (Å²) >= 11 is 0. The first-order valence-corrected chi connectivity index (χ1v) is 8.81. The molecule has 1 N–H and O–H groups in total. The molecule has 2 aliphatic rings. The summed E-state index contributed by atoms with van der Waals surface area (Å²) in [6, 6.07) is 0.383. The molecule has 0 aromatic rings. The second-order valence-electron chi connectivity index (χ2n) is 5.24. The Morgan fingerprint density at radius 3 is 2.26 bits per heavy atom. The van der Waals surface area contributed by atoms with Crippen molar-refractivity contribution >= 4 is 15.9 Å². The van der Waals surface area contributed by atoms with Gasteiger partial charge in [0.25, 0.3) is 0 Å². The lowest BCUT2D eigenvalue weighted by Gasteiger charge is -2.40. The minimum atomic E-state index is -2.79. The topological polar surface area (TPSA) is 69.7 Å². The van der Waals surface area contributed by atoms with Gasteiger partial charge in [-0.25, -0.2) is 13.2 Å². The Balaban J connectivity index is 1.79. The minimum Gasteiger partial charge on any atom is -0.338 e. The number of carbonyl (C=O) groups excluding carboxylic acids is 1. The maximum Gasteiger partial charge on any atom is 0.317 e. The van der Waals surface area contributed by atoms with Crippen LogP contribution in [0.2, 0.25) is 0 Å². The van der Waals surface area contributed by atoms with Gasteiger partial charge < -0.3 is 10.2 Å². The van der Waals surface area contributed by atoms with E-state index in [4.69, 9.17) is 0 Å². The van der Waals surface area contributed by atoms with Gasteiger partial charge in [0.05, 0.1) is 11.5 Å². The van der Waals surface area contributed by atoms with Gasteiger partial charge in [0.15, 0.2) is 0 Å². The van der Waals surface area contributed by atoms with E-state index in [1.54, 1.807) is 0 Å². The van der Waals surface area contributed by atoms with E-state index in [0.717, 1.165) is 39.0 Å². The SMILES string of the molecule is CCNC(=O)N1CCN(C2CCS(=O)(=O)CC2)CC1. The summed E-state index contributed by atoms with van der Waals surface area (Å²) in [6.07, 6.45) is 1.48. The lowest BCUT2D eigenvalue weighted by atomic mass is 10.1. The van der Waals surface area contributed by atoms with E-state index in [1.807, 2.05) is 11.8 Å². The third-order valence-electron chi connectivity index (χ3n) is 3.97. The monoisotopic (exact) mass is 289 g/mol. The van der Waals surface area contributed by atoms with E-state index in [0.29, 0.717) is 24.1 Å². The zero-order chi connectivity index (χ0) is 13.9. The van der Waals surface area contributed by atoms with Gasteiger partial charge in [0, 0.05) is 38.8 Å². The first kappa shape index (κ1) is 14.6. The fraction of sp³-hybridized carbons (Fsp3) is 0.917. The summed E-state index contributed by atoms with van der Waals surface area (Å²) in [6.45, 7) is 5.73. The Morgan fingerprint density at radius 2 is 1.74 bits per heavy atom. The van der Waals surface area contributed by atoms with Crippen molar-refractivity contribution in [1.29, 1.82) is 0 Å². The fourth-order valence-electron chi connectivity index (χ4n) is 2.80. The molecular weight excluding hydrogens is 266 g/mol. The molecule has 0 saturated carbocycles. The Morgan fingerprint density at radius 1 is 1.16 bits per heavy atom. The molecule has 2 aliphatic heterocycles. The number of hydrogen-bond acceptors (Lipinski definition) is 4. The number of amides is 2. The molecule has 2 heterocycles. The first-order valence-electron chi connectivity index (χ1n) is 6.99. The second-order valence-corrected chi connectivity index (χ2v) is 7.55. The van der Waals surface area contributed by atoms with Gasteiger partial charge in [-0.1, -0.05) is 0 Å². The first-order chi connectivity index (χ1) is 9.02. The molecule has 2 fully saturated rings. The van der Waals surface area contributed by atoms with E-state index in [1.165, 1.54) is 0 Å². The number of rotatable bonds is 2. The number of carbonyl (C=O) groups is 1. The van der Waals surface area contributed by atoms with Crippen LogP contribution in [0.25, 0.3) is 0 Å². The van der Waals surface area contributed by atoms with Gasteiger partial charge in [-0.3, -0.25) is 4.90 Å². The van der Waals surface area contributed by atoms with Crippen molar-refractivity contribution in [3.63, 3.8) is 0 Å². The molecule has 2 amide bonds. The zero-order valence-electron chi connectivity index (χ0n) is 11.5. The largest absolute Gasteiger partial charge is 0.338 e. The summed E-state index contributed by atoms with van der Waals surface area (Å²) in [5, 5.41) is 2.81. The Labute approximate surface area is 115 Å². The van der Waals surface area contributed by atoms with Crippen LogP contribution in [0, 0.1) is 0 Å².